The molecule has 88 valence electrons. The zero-order valence-corrected chi connectivity index (χ0v) is 9.96. The van der Waals surface area contributed by atoms with Gasteiger partial charge in [0.05, 0.1) is 12.0 Å². The minimum absolute atomic E-state index is 0.230. The van der Waals surface area contributed by atoms with E-state index >= 15 is 0 Å². The summed E-state index contributed by atoms with van der Waals surface area (Å²) >= 11 is 0. The zero-order valence-electron chi connectivity index (χ0n) is 9.96. The third-order valence-electron chi connectivity index (χ3n) is 3.63. The van der Waals surface area contributed by atoms with Gasteiger partial charge in [0.2, 0.25) is 5.91 Å². The first kappa shape index (κ1) is 11.5. The van der Waals surface area contributed by atoms with Crippen LogP contribution in [0.3, 0.4) is 0 Å². The Balaban J connectivity index is 2.00. The first-order chi connectivity index (χ1) is 7.65. The minimum atomic E-state index is -0.230. The van der Waals surface area contributed by atoms with Crippen LogP contribution in [0.25, 0.3) is 0 Å². The summed E-state index contributed by atoms with van der Waals surface area (Å²) in [5.41, 5.74) is -0.230. The summed E-state index contributed by atoms with van der Waals surface area (Å²) in [6, 6.07) is 0. The van der Waals surface area contributed by atoms with E-state index in [2.05, 4.69) is 11.2 Å². The normalized spacial score (nSPS) is 28.8. The average molecular weight is 220 g/mol. The molecule has 1 aliphatic carbocycles. The third-order valence-corrected chi connectivity index (χ3v) is 3.63. The smallest absolute Gasteiger partial charge is 0.230 e. The highest BCUT2D eigenvalue weighted by Gasteiger charge is 2.40. The van der Waals surface area contributed by atoms with Crippen LogP contribution >= 0.6 is 0 Å². The van der Waals surface area contributed by atoms with Crippen molar-refractivity contribution in [2.45, 2.75) is 26.2 Å². The van der Waals surface area contributed by atoms with Gasteiger partial charge >= 0.3 is 0 Å². The lowest BCUT2D eigenvalue weighted by Crippen LogP contribution is -2.44. The van der Waals surface area contributed by atoms with Gasteiger partial charge in [0.15, 0.2) is 0 Å². The molecule has 1 atom stereocenters. The molecule has 1 N–H and O–H groups in total. The van der Waals surface area contributed by atoms with Gasteiger partial charge in [0, 0.05) is 13.1 Å². The fourth-order valence-corrected chi connectivity index (χ4v) is 2.32. The van der Waals surface area contributed by atoms with Gasteiger partial charge in [-0.2, -0.15) is 0 Å². The highest BCUT2D eigenvalue weighted by Crippen LogP contribution is 2.32. The van der Waals surface area contributed by atoms with Crippen molar-refractivity contribution < 1.29 is 4.79 Å². The van der Waals surface area contributed by atoms with Gasteiger partial charge in [-0.15, -0.1) is 6.42 Å². The molecule has 1 aliphatic heterocycles. The molecule has 1 amide bonds. The second kappa shape index (κ2) is 4.47. The number of terminal acetylenes is 1. The van der Waals surface area contributed by atoms with Crippen LogP contribution in [0.1, 0.15) is 26.2 Å². The SMILES string of the molecule is C#CCN(CC1CC1)C(=O)C1(C)CCNC1. The first-order valence-electron chi connectivity index (χ1n) is 6.09. The van der Waals surface area contributed by atoms with E-state index in [4.69, 9.17) is 6.42 Å². The highest BCUT2D eigenvalue weighted by molar-refractivity contribution is 5.83. The predicted octanol–water partition coefficient (Wildman–Crippen LogP) is 0.858. The Labute approximate surface area is 97.6 Å². The Hall–Kier alpha value is -1.01. The number of rotatable bonds is 4. The van der Waals surface area contributed by atoms with E-state index in [1.807, 2.05) is 11.8 Å². The third kappa shape index (κ3) is 2.38. The summed E-state index contributed by atoms with van der Waals surface area (Å²) in [5, 5.41) is 3.26. The van der Waals surface area contributed by atoms with E-state index < -0.39 is 0 Å². The Kier molecular flexibility index (Phi) is 3.20. The summed E-state index contributed by atoms with van der Waals surface area (Å²) in [6.45, 7) is 5.10. The molecule has 2 rings (SSSR count). The van der Waals surface area contributed by atoms with E-state index in [0.29, 0.717) is 12.5 Å². The quantitative estimate of drug-likeness (QED) is 0.713. The Morgan fingerprint density at radius 2 is 2.38 bits per heavy atom. The van der Waals surface area contributed by atoms with Crippen molar-refractivity contribution >= 4 is 5.91 Å². The lowest BCUT2D eigenvalue weighted by molar-refractivity contribution is -0.139. The van der Waals surface area contributed by atoms with E-state index in [9.17, 15) is 4.79 Å². The number of carbonyl (C=O) groups excluding carboxylic acids is 1. The van der Waals surface area contributed by atoms with Crippen molar-refractivity contribution in [3.05, 3.63) is 0 Å². The van der Waals surface area contributed by atoms with E-state index in [1.54, 1.807) is 0 Å². The number of amides is 1. The Morgan fingerprint density at radius 1 is 1.62 bits per heavy atom. The molecule has 1 saturated heterocycles. The fraction of sp³-hybridized carbons (Fsp3) is 0.769. The maximum absolute atomic E-state index is 12.4. The molecule has 1 unspecified atom stereocenters. The van der Waals surface area contributed by atoms with Crippen molar-refractivity contribution in [3.8, 4) is 12.3 Å². The molecule has 1 heterocycles. The molecule has 16 heavy (non-hydrogen) atoms. The van der Waals surface area contributed by atoms with Crippen molar-refractivity contribution in [2.24, 2.45) is 11.3 Å². The monoisotopic (exact) mass is 220 g/mol. The van der Waals surface area contributed by atoms with Crippen LogP contribution in [0.4, 0.5) is 0 Å². The van der Waals surface area contributed by atoms with Gasteiger partial charge in [0.1, 0.15) is 0 Å². The van der Waals surface area contributed by atoms with Gasteiger partial charge in [0.25, 0.3) is 0 Å². The van der Waals surface area contributed by atoms with Gasteiger partial charge in [-0.1, -0.05) is 5.92 Å². The van der Waals surface area contributed by atoms with Gasteiger partial charge in [-0.3, -0.25) is 4.79 Å². The largest absolute Gasteiger partial charge is 0.331 e. The molecular weight excluding hydrogens is 200 g/mol. The summed E-state index contributed by atoms with van der Waals surface area (Å²) in [7, 11) is 0. The van der Waals surface area contributed by atoms with Crippen LogP contribution in [0, 0.1) is 23.7 Å². The second-order valence-corrected chi connectivity index (χ2v) is 5.32. The van der Waals surface area contributed by atoms with Crippen LogP contribution in [0.15, 0.2) is 0 Å². The van der Waals surface area contributed by atoms with E-state index in [0.717, 1.165) is 26.1 Å². The predicted molar refractivity (Wildman–Crippen MR) is 63.7 cm³/mol. The fourth-order valence-electron chi connectivity index (χ4n) is 2.32. The lowest BCUT2D eigenvalue weighted by Gasteiger charge is -2.30. The number of hydrogen-bond acceptors (Lipinski definition) is 2. The minimum Gasteiger partial charge on any atom is -0.331 e. The van der Waals surface area contributed by atoms with Crippen molar-refractivity contribution in [3.63, 3.8) is 0 Å². The van der Waals surface area contributed by atoms with Gasteiger partial charge < -0.3 is 10.2 Å². The van der Waals surface area contributed by atoms with Crippen molar-refractivity contribution in [1.29, 1.82) is 0 Å². The van der Waals surface area contributed by atoms with E-state index in [1.165, 1.54) is 12.8 Å². The Morgan fingerprint density at radius 3 is 2.88 bits per heavy atom. The number of nitrogens with zero attached hydrogens (tertiary/aromatic N) is 1. The molecule has 2 fully saturated rings. The van der Waals surface area contributed by atoms with E-state index in [-0.39, 0.29) is 11.3 Å². The molecule has 0 bridgehead atoms. The zero-order chi connectivity index (χ0) is 11.6. The molecule has 0 aromatic heterocycles. The topological polar surface area (TPSA) is 32.3 Å². The molecule has 0 aromatic carbocycles. The molecule has 0 aromatic rings. The maximum atomic E-state index is 12.4. The molecule has 3 heteroatoms. The molecule has 1 saturated carbocycles. The second-order valence-electron chi connectivity index (χ2n) is 5.32. The number of hydrogen-bond donors (Lipinski definition) is 1. The van der Waals surface area contributed by atoms with Gasteiger partial charge in [-0.05, 0) is 38.6 Å². The standard InChI is InChI=1S/C13H20N2O/c1-3-8-15(9-11-4-5-11)12(16)13(2)6-7-14-10-13/h1,11,14H,4-10H2,2H3. The average Bonchev–Trinajstić information content (AvgIpc) is 2.97. The molecule has 0 spiro atoms. The molecule has 3 nitrogen and oxygen atoms in total. The molecule has 2 aliphatic rings. The summed E-state index contributed by atoms with van der Waals surface area (Å²) in [5.74, 6) is 3.55. The number of nitrogens with one attached hydrogen (secondary N) is 1. The van der Waals surface area contributed by atoms with Crippen LogP contribution in [-0.2, 0) is 4.79 Å². The summed E-state index contributed by atoms with van der Waals surface area (Å²) in [6.07, 6.45) is 8.78. The van der Waals surface area contributed by atoms with Crippen molar-refractivity contribution in [1.82, 2.24) is 10.2 Å². The van der Waals surface area contributed by atoms with Crippen LogP contribution < -0.4 is 5.32 Å². The molecular formula is C13H20N2O. The van der Waals surface area contributed by atoms with Crippen LogP contribution in [0.5, 0.6) is 0 Å². The Bertz CT molecular complexity index is 308. The molecule has 0 radical (unpaired) electrons. The van der Waals surface area contributed by atoms with Gasteiger partial charge in [-0.25, -0.2) is 0 Å². The maximum Gasteiger partial charge on any atom is 0.230 e. The van der Waals surface area contributed by atoms with Crippen LogP contribution in [-0.4, -0.2) is 37.0 Å². The number of carbonyl (C=O) groups is 1. The van der Waals surface area contributed by atoms with Crippen LogP contribution in [0.2, 0.25) is 0 Å². The lowest BCUT2D eigenvalue weighted by atomic mass is 9.88. The highest BCUT2D eigenvalue weighted by atomic mass is 16.2. The summed E-state index contributed by atoms with van der Waals surface area (Å²) < 4.78 is 0. The summed E-state index contributed by atoms with van der Waals surface area (Å²) in [4.78, 5) is 14.3. The first-order valence-corrected chi connectivity index (χ1v) is 6.09. The van der Waals surface area contributed by atoms with Crippen molar-refractivity contribution in [2.75, 3.05) is 26.2 Å².